The molecule has 2 nitrogen and oxygen atoms in total. The van der Waals surface area contributed by atoms with Gasteiger partial charge in [-0.25, -0.2) is 0 Å². The number of hydrogen-bond acceptors (Lipinski definition) is 2. The number of methoxy groups -OCH3 is 1. The molecular formula is C19H14O2. The second-order valence-electron chi connectivity index (χ2n) is 5.37. The van der Waals surface area contributed by atoms with Gasteiger partial charge in [-0.3, -0.25) is 4.79 Å². The molecule has 0 aliphatic rings. The van der Waals surface area contributed by atoms with Crippen molar-refractivity contribution in [2.75, 3.05) is 7.11 Å². The maximum atomic E-state index is 11.9. The molecule has 0 aliphatic carbocycles. The van der Waals surface area contributed by atoms with Crippen LogP contribution in [0.15, 0.2) is 48.5 Å². The van der Waals surface area contributed by atoms with E-state index < -0.39 is 0 Å². The normalized spacial score (nSPS) is 11.5. The lowest BCUT2D eigenvalue weighted by Gasteiger charge is -2.15. The van der Waals surface area contributed by atoms with Crippen molar-refractivity contribution >= 4 is 38.1 Å². The molecule has 4 aromatic rings. The van der Waals surface area contributed by atoms with E-state index in [2.05, 4.69) is 42.5 Å². The van der Waals surface area contributed by atoms with E-state index in [1.165, 1.54) is 21.5 Å². The fourth-order valence-corrected chi connectivity index (χ4v) is 3.27. The third-order valence-electron chi connectivity index (χ3n) is 4.18. The monoisotopic (exact) mass is 274 g/mol. The molecule has 0 aliphatic heterocycles. The Morgan fingerprint density at radius 2 is 1.57 bits per heavy atom. The minimum absolute atomic E-state index is 0.0253. The molecule has 4 aromatic carbocycles. The van der Waals surface area contributed by atoms with Gasteiger partial charge < -0.3 is 4.74 Å². The Morgan fingerprint density at radius 3 is 2.24 bits per heavy atom. The van der Waals surface area contributed by atoms with E-state index in [0.717, 1.165) is 10.8 Å². The van der Waals surface area contributed by atoms with E-state index in [9.17, 15) is 4.79 Å². The molecule has 0 N–H and O–H groups in total. The van der Waals surface area contributed by atoms with Crippen molar-refractivity contribution in [3.63, 3.8) is 0 Å². The SMILES string of the molecule is COc1c(C(C)=O)cc2ccc3cccc4ccc1c2c34. The van der Waals surface area contributed by atoms with Gasteiger partial charge in [0.25, 0.3) is 0 Å². The first-order valence-corrected chi connectivity index (χ1v) is 6.96. The summed E-state index contributed by atoms with van der Waals surface area (Å²) >= 11 is 0. The lowest BCUT2D eigenvalue weighted by Crippen LogP contribution is -1.99. The summed E-state index contributed by atoms with van der Waals surface area (Å²) < 4.78 is 5.54. The van der Waals surface area contributed by atoms with Crippen molar-refractivity contribution in [2.24, 2.45) is 0 Å². The van der Waals surface area contributed by atoms with Gasteiger partial charge in [0.2, 0.25) is 0 Å². The van der Waals surface area contributed by atoms with Gasteiger partial charge in [0.1, 0.15) is 5.75 Å². The van der Waals surface area contributed by atoms with Crippen LogP contribution in [0.5, 0.6) is 5.75 Å². The van der Waals surface area contributed by atoms with Crippen LogP contribution in [0.3, 0.4) is 0 Å². The zero-order chi connectivity index (χ0) is 14.6. The average molecular weight is 274 g/mol. The largest absolute Gasteiger partial charge is 0.495 e. The Hall–Kier alpha value is -2.61. The highest BCUT2D eigenvalue weighted by atomic mass is 16.5. The van der Waals surface area contributed by atoms with Crippen LogP contribution >= 0.6 is 0 Å². The molecule has 0 fully saturated rings. The van der Waals surface area contributed by atoms with Gasteiger partial charge in [-0.2, -0.15) is 0 Å². The smallest absolute Gasteiger partial charge is 0.163 e. The van der Waals surface area contributed by atoms with Gasteiger partial charge in [-0.1, -0.05) is 36.4 Å². The van der Waals surface area contributed by atoms with E-state index in [1.54, 1.807) is 14.0 Å². The molecule has 0 aromatic heterocycles. The number of hydrogen-bond donors (Lipinski definition) is 0. The lowest BCUT2D eigenvalue weighted by molar-refractivity contribution is 0.101. The number of ketones is 1. The predicted molar refractivity (Wildman–Crippen MR) is 86.7 cm³/mol. The molecule has 2 heteroatoms. The summed E-state index contributed by atoms with van der Waals surface area (Å²) in [5, 5.41) is 6.92. The van der Waals surface area contributed by atoms with E-state index in [4.69, 9.17) is 4.74 Å². The standard InChI is InChI=1S/C19H14O2/c1-11(20)16-10-14-7-6-12-4-3-5-13-8-9-15(19(16)21-2)18(14)17(12)13/h3-10H,1-2H3. The summed E-state index contributed by atoms with van der Waals surface area (Å²) in [4.78, 5) is 11.9. The zero-order valence-corrected chi connectivity index (χ0v) is 11.9. The van der Waals surface area contributed by atoms with Crippen molar-refractivity contribution in [1.82, 2.24) is 0 Å². The molecule has 0 saturated heterocycles. The minimum atomic E-state index is 0.0253. The number of benzene rings is 4. The van der Waals surface area contributed by atoms with Crippen molar-refractivity contribution in [1.29, 1.82) is 0 Å². The average Bonchev–Trinajstić information content (AvgIpc) is 2.51. The quantitative estimate of drug-likeness (QED) is 0.388. The molecule has 0 amide bonds. The van der Waals surface area contributed by atoms with Crippen LogP contribution in [-0.2, 0) is 0 Å². The van der Waals surface area contributed by atoms with E-state index in [0.29, 0.717) is 11.3 Å². The maximum absolute atomic E-state index is 11.9. The summed E-state index contributed by atoms with van der Waals surface area (Å²) in [7, 11) is 1.62. The summed E-state index contributed by atoms with van der Waals surface area (Å²) in [6.45, 7) is 1.58. The number of rotatable bonds is 2. The summed E-state index contributed by atoms with van der Waals surface area (Å²) in [5.41, 5.74) is 0.642. The number of Topliss-reactive ketones (excluding diaryl/α,β-unsaturated/α-hetero) is 1. The van der Waals surface area contributed by atoms with Gasteiger partial charge in [-0.05, 0) is 40.6 Å². The molecule has 0 heterocycles. The minimum Gasteiger partial charge on any atom is -0.495 e. The Labute approximate surface area is 122 Å². The first kappa shape index (κ1) is 12.2. The Kier molecular flexibility index (Phi) is 2.43. The van der Waals surface area contributed by atoms with Crippen LogP contribution in [-0.4, -0.2) is 12.9 Å². The molecule has 0 radical (unpaired) electrons. The van der Waals surface area contributed by atoms with Crippen molar-refractivity contribution < 1.29 is 9.53 Å². The number of ether oxygens (including phenoxy) is 1. The molecule has 0 atom stereocenters. The highest BCUT2D eigenvalue weighted by Crippen LogP contribution is 2.40. The number of carbonyl (C=O) groups excluding carboxylic acids is 1. The molecule has 21 heavy (non-hydrogen) atoms. The topological polar surface area (TPSA) is 26.3 Å². The molecule has 4 rings (SSSR count). The van der Waals surface area contributed by atoms with Gasteiger partial charge in [0.15, 0.2) is 5.78 Å². The van der Waals surface area contributed by atoms with Crippen LogP contribution in [0, 0.1) is 0 Å². The van der Waals surface area contributed by atoms with E-state index in [-0.39, 0.29) is 5.78 Å². The third-order valence-corrected chi connectivity index (χ3v) is 4.18. The van der Waals surface area contributed by atoms with Crippen molar-refractivity contribution in [2.45, 2.75) is 6.92 Å². The van der Waals surface area contributed by atoms with Crippen LogP contribution in [0.1, 0.15) is 17.3 Å². The second kappa shape index (κ2) is 4.19. The highest BCUT2D eigenvalue weighted by molar-refractivity contribution is 6.25. The first-order valence-electron chi connectivity index (χ1n) is 6.96. The van der Waals surface area contributed by atoms with Crippen LogP contribution in [0.4, 0.5) is 0 Å². The predicted octanol–water partition coefficient (Wildman–Crippen LogP) is 4.80. The molecular weight excluding hydrogens is 260 g/mol. The molecule has 0 unspecified atom stereocenters. The van der Waals surface area contributed by atoms with Gasteiger partial charge in [0, 0.05) is 10.8 Å². The maximum Gasteiger partial charge on any atom is 0.163 e. The molecule has 0 spiro atoms. The van der Waals surface area contributed by atoms with E-state index in [1.807, 2.05) is 6.07 Å². The summed E-state index contributed by atoms with van der Waals surface area (Å²) in [6.07, 6.45) is 0. The highest BCUT2D eigenvalue weighted by Gasteiger charge is 2.17. The van der Waals surface area contributed by atoms with Crippen LogP contribution in [0.25, 0.3) is 32.3 Å². The Morgan fingerprint density at radius 1 is 0.905 bits per heavy atom. The van der Waals surface area contributed by atoms with Gasteiger partial charge >= 0.3 is 0 Å². The molecule has 0 bridgehead atoms. The Bertz CT molecular complexity index is 983. The number of carbonyl (C=O) groups is 1. The van der Waals surface area contributed by atoms with Crippen LogP contribution < -0.4 is 4.74 Å². The van der Waals surface area contributed by atoms with Crippen molar-refractivity contribution in [3.8, 4) is 5.75 Å². The third kappa shape index (κ3) is 1.56. The first-order chi connectivity index (χ1) is 10.2. The summed E-state index contributed by atoms with van der Waals surface area (Å²) in [6, 6.07) is 16.6. The fraction of sp³-hybridized carbons (Fsp3) is 0.105. The molecule has 102 valence electrons. The second-order valence-corrected chi connectivity index (χ2v) is 5.37. The Balaban J connectivity index is 2.33. The lowest BCUT2D eigenvalue weighted by atomic mass is 9.91. The van der Waals surface area contributed by atoms with Gasteiger partial charge in [0.05, 0.1) is 12.7 Å². The van der Waals surface area contributed by atoms with Crippen molar-refractivity contribution in [3.05, 3.63) is 54.1 Å². The van der Waals surface area contributed by atoms with Gasteiger partial charge in [-0.15, -0.1) is 0 Å². The summed E-state index contributed by atoms with van der Waals surface area (Å²) in [5.74, 6) is 0.700. The van der Waals surface area contributed by atoms with Crippen LogP contribution in [0.2, 0.25) is 0 Å². The fourth-order valence-electron chi connectivity index (χ4n) is 3.27. The van der Waals surface area contributed by atoms with E-state index >= 15 is 0 Å². The molecule has 0 saturated carbocycles. The zero-order valence-electron chi connectivity index (χ0n) is 11.9.